The second-order valence-electron chi connectivity index (χ2n) is 4.79. The van der Waals surface area contributed by atoms with Crippen LogP contribution in [0, 0.1) is 6.92 Å². The fraction of sp³-hybridized carbons (Fsp3) is 0.267. The number of nitrogens with zero attached hydrogens (tertiary/aromatic N) is 1. The molecule has 0 aliphatic heterocycles. The Hall–Kier alpha value is -1.92. The molecule has 2 aromatic rings. The summed E-state index contributed by atoms with van der Waals surface area (Å²) in [5, 5.41) is 3.06. The number of aryl methyl sites for hydroxylation is 1. The first kappa shape index (κ1) is 15.5. The van der Waals surface area contributed by atoms with E-state index in [1.54, 1.807) is 24.3 Å². The lowest BCUT2D eigenvalue weighted by atomic mass is 10.1. The molecule has 1 aromatic heterocycles. The first-order chi connectivity index (χ1) is 10.0. The molecule has 2 rings (SSSR count). The summed E-state index contributed by atoms with van der Waals surface area (Å²) in [6.07, 6.45) is 2.38. The highest BCUT2D eigenvalue weighted by Crippen LogP contribution is 2.16. The zero-order valence-electron chi connectivity index (χ0n) is 12.1. The number of anilines is 1. The highest BCUT2D eigenvalue weighted by Gasteiger charge is 2.14. The van der Waals surface area contributed by atoms with Crippen molar-refractivity contribution in [3.8, 4) is 0 Å². The van der Waals surface area contributed by atoms with Crippen LogP contribution in [0.1, 0.15) is 11.3 Å². The van der Waals surface area contributed by atoms with Crippen molar-refractivity contribution >= 4 is 15.7 Å². The Morgan fingerprint density at radius 1 is 1.10 bits per heavy atom. The summed E-state index contributed by atoms with van der Waals surface area (Å²) in [5.41, 5.74) is 2.40. The van der Waals surface area contributed by atoms with Crippen molar-refractivity contribution in [1.29, 1.82) is 0 Å². The number of hydrogen-bond donors (Lipinski definition) is 2. The first-order valence-corrected chi connectivity index (χ1v) is 8.18. The highest BCUT2D eigenvalue weighted by molar-refractivity contribution is 7.92. The molecule has 0 saturated carbocycles. The van der Waals surface area contributed by atoms with E-state index in [9.17, 15) is 8.42 Å². The number of hydrogen-bond acceptors (Lipinski definition) is 4. The molecule has 0 aliphatic carbocycles. The zero-order valence-corrected chi connectivity index (χ0v) is 12.9. The third kappa shape index (κ3) is 4.27. The van der Waals surface area contributed by atoms with E-state index in [4.69, 9.17) is 0 Å². The quantitative estimate of drug-likeness (QED) is 0.856. The van der Waals surface area contributed by atoms with Crippen molar-refractivity contribution in [2.45, 2.75) is 18.2 Å². The van der Waals surface area contributed by atoms with E-state index in [0.717, 1.165) is 24.2 Å². The monoisotopic (exact) mass is 305 g/mol. The van der Waals surface area contributed by atoms with Crippen molar-refractivity contribution in [3.05, 3.63) is 53.9 Å². The van der Waals surface area contributed by atoms with Crippen LogP contribution in [0.25, 0.3) is 0 Å². The second kappa shape index (κ2) is 6.69. The van der Waals surface area contributed by atoms with Crippen LogP contribution in [0.15, 0.2) is 47.5 Å². The van der Waals surface area contributed by atoms with Gasteiger partial charge in [-0.3, -0.25) is 9.71 Å². The number of aromatic nitrogens is 1. The maximum atomic E-state index is 12.3. The van der Waals surface area contributed by atoms with Crippen LogP contribution < -0.4 is 10.0 Å². The fourth-order valence-electron chi connectivity index (χ4n) is 1.85. The summed E-state index contributed by atoms with van der Waals surface area (Å²) < 4.78 is 27.0. The van der Waals surface area contributed by atoms with E-state index in [1.165, 1.54) is 6.20 Å². The molecule has 0 spiro atoms. The van der Waals surface area contributed by atoms with E-state index in [2.05, 4.69) is 15.0 Å². The fourth-order valence-corrected chi connectivity index (χ4v) is 2.89. The van der Waals surface area contributed by atoms with E-state index in [-0.39, 0.29) is 4.90 Å². The van der Waals surface area contributed by atoms with E-state index < -0.39 is 10.0 Å². The van der Waals surface area contributed by atoms with Crippen molar-refractivity contribution in [2.75, 3.05) is 18.3 Å². The van der Waals surface area contributed by atoms with Crippen molar-refractivity contribution in [3.63, 3.8) is 0 Å². The topological polar surface area (TPSA) is 71.1 Å². The molecular weight excluding hydrogens is 286 g/mol. The maximum Gasteiger partial charge on any atom is 0.261 e. The van der Waals surface area contributed by atoms with Crippen molar-refractivity contribution in [2.24, 2.45) is 0 Å². The largest absolute Gasteiger partial charge is 0.319 e. The third-order valence-corrected chi connectivity index (χ3v) is 4.46. The van der Waals surface area contributed by atoms with Crippen LogP contribution in [0.5, 0.6) is 0 Å². The Bertz CT molecular complexity index is 680. The molecule has 0 saturated heterocycles. The third-order valence-electron chi connectivity index (χ3n) is 3.06. The minimum absolute atomic E-state index is 0.247. The van der Waals surface area contributed by atoms with Gasteiger partial charge in [0.15, 0.2) is 0 Å². The van der Waals surface area contributed by atoms with Gasteiger partial charge in [-0.1, -0.05) is 12.1 Å². The number of pyridine rings is 1. The van der Waals surface area contributed by atoms with Crippen LogP contribution in [-0.2, 0) is 16.4 Å². The van der Waals surface area contributed by atoms with Crippen molar-refractivity contribution < 1.29 is 8.42 Å². The normalized spacial score (nSPS) is 11.3. The predicted molar refractivity (Wildman–Crippen MR) is 83.9 cm³/mol. The number of sulfonamides is 1. The number of rotatable bonds is 6. The van der Waals surface area contributed by atoms with E-state index in [0.29, 0.717) is 5.69 Å². The van der Waals surface area contributed by atoms with Gasteiger partial charge in [-0.2, -0.15) is 0 Å². The summed E-state index contributed by atoms with van der Waals surface area (Å²) in [5.74, 6) is 0. The van der Waals surface area contributed by atoms with Gasteiger partial charge in [-0.25, -0.2) is 8.42 Å². The van der Waals surface area contributed by atoms with Gasteiger partial charge in [0, 0.05) is 5.69 Å². The van der Waals surface area contributed by atoms with Crippen molar-refractivity contribution in [1.82, 2.24) is 10.3 Å². The lowest BCUT2D eigenvalue weighted by Gasteiger charge is -2.09. The van der Waals surface area contributed by atoms with Gasteiger partial charge in [-0.15, -0.1) is 0 Å². The Labute approximate surface area is 125 Å². The summed E-state index contributed by atoms with van der Waals surface area (Å²) in [4.78, 5) is 4.32. The molecule has 5 nitrogen and oxygen atoms in total. The smallest absolute Gasteiger partial charge is 0.261 e. The van der Waals surface area contributed by atoms with Crippen LogP contribution in [0.2, 0.25) is 0 Å². The van der Waals surface area contributed by atoms with Crippen LogP contribution in [0.3, 0.4) is 0 Å². The van der Waals surface area contributed by atoms with Crippen LogP contribution in [-0.4, -0.2) is 27.0 Å². The Kier molecular flexibility index (Phi) is 4.93. The van der Waals surface area contributed by atoms with E-state index in [1.807, 2.05) is 26.1 Å². The van der Waals surface area contributed by atoms with Gasteiger partial charge >= 0.3 is 0 Å². The Morgan fingerprint density at radius 3 is 2.38 bits per heavy atom. The molecule has 1 heterocycles. The van der Waals surface area contributed by atoms with Gasteiger partial charge in [0.25, 0.3) is 10.0 Å². The summed E-state index contributed by atoms with van der Waals surface area (Å²) in [6, 6.07) is 10.4. The summed E-state index contributed by atoms with van der Waals surface area (Å²) in [7, 11) is -1.68. The van der Waals surface area contributed by atoms with Gasteiger partial charge < -0.3 is 5.32 Å². The molecule has 0 amide bonds. The van der Waals surface area contributed by atoms with Crippen LogP contribution in [0.4, 0.5) is 5.69 Å². The SMILES string of the molecule is CNCCc1ccc(S(=O)(=O)Nc2ccc(C)nc2)cc1. The lowest BCUT2D eigenvalue weighted by molar-refractivity contribution is 0.601. The molecule has 0 aliphatic rings. The molecule has 6 heteroatoms. The van der Waals surface area contributed by atoms with Gasteiger partial charge in [0.05, 0.1) is 16.8 Å². The first-order valence-electron chi connectivity index (χ1n) is 6.70. The Morgan fingerprint density at radius 2 is 1.81 bits per heavy atom. The minimum atomic E-state index is -3.57. The number of nitrogens with one attached hydrogen (secondary N) is 2. The molecule has 0 bridgehead atoms. The summed E-state index contributed by atoms with van der Waals surface area (Å²) in [6.45, 7) is 2.71. The molecule has 0 unspecified atom stereocenters. The van der Waals surface area contributed by atoms with Gasteiger partial charge in [-0.05, 0) is 56.8 Å². The minimum Gasteiger partial charge on any atom is -0.319 e. The van der Waals surface area contributed by atoms with Gasteiger partial charge in [0.2, 0.25) is 0 Å². The highest BCUT2D eigenvalue weighted by atomic mass is 32.2. The molecule has 0 radical (unpaired) electrons. The number of likely N-dealkylation sites (N-methyl/N-ethyl adjacent to an activating group) is 1. The van der Waals surface area contributed by atoms with E-state index >= 15 is 0 Å². The molecule has 21 heavy (non-hydrogen) atoms. The zero-order chi connectivity index (χ0) is 15.3. The molecule has 0 fully saturated rings. The standard InChI is InChI=1S/C15H19N3O2S/c1-12-3-6-14(11-17-12)18-21(19,20)15-7-4-13(5-8-15)9-10-16-2/h3-8,11,16,18H,9-10H2,1-2H3. The molecule has 0 atom stereocenters. The lowest BCUT2D eigenvalue weighted by Crippen LogP contribution is -2.13. The summed E-state index contributed by atoms with van der Waals surface area (Å²) >= 11 is 0. The molecule has 112 valence electrons. The average molecular weight is 305 g/mol. The maximum absolute atomic E-state index is 12.3. The van der Waals surface area contributed by atoms with Gasteiger partial charge in [0.1, 0.15) is 0 Å². The average Bonchev–Trinajstić information content (AvgIpc) is 2.48. The molecular formula is C15H19N3O2S. The molecule has 2 N–H and O–H groups in total. The van der Waals surface area contributed by atoms with Crippen LogP contribution >= 0.6 is 0 Å². The second-order valence-corrected chi connectivity index (χ2v) is 6.47. The predicted octanol–water partition coefficient (Wildman–Crippen LogP) is 1.95. The number of benzene rings is 1. The Balaban J connectivity index is 2.13. The molecule has 1 aromatic carbocycles.